The minimum atomic E-state index is -0.574. The summed E-state index contributed by atoms with van der Waals surface area (Å²) in [4.78, 5) is 20.2. The van der Waals surface area contributed by atoms with Crippen molar-refractivity contribution in [1.82, 2.24) is 14.8 Å². The van der Waals surface area contributed by atoms with Gasteiger partial charge in [0.05, 0.1) is 19.6 Å². The molecule has 1 atom stereocenters. The number of hydrogen-bond acceptors (Lipinski definition) is 5. The smallest absolute Gasteiger partial charge is 0.225 e. The van der Waals surface area contributed by atoms with E-state index in [2.05, 4.69) is 16.8 Å². The number of hydrogen-bond donors (Lipinski definition) is 0. The Hall–Kier alpha value is -1.50. The van der Waals surface area contributed by atoms with Crippen molar-refractivity contribution in [3.63, 3.8) is 0 Å². The molecule has 0 N–H and O–H groups in total. The van der Waals surface area contributed by atoms with Crippen LogP contribution >= 0.6 is 0 Å². The summed E-state index contributed by atoms with van der Waals surface area (Å²) in [5.74, 6) is 0.0593. The predicted molar refractivity (Wildman–Crippen MR) is 88.1 cm³/mol. The Labute approximate surface area is 138 Å². The standard InChI is InChI=1S/C17H27N3O3/c1-14-10-18-6-5-15(14)11-20-7-8-23-17(12-20,13-22-4)9-16(21)19(2)3/h5-6,10H,7-9,11-13H2,1-4H3/t17-/m1/s1. The SMILES string of the molecule is COC[C@@]1(CC(=O)N(C)C)CN(Cc2ccncc2C)CCO1. The molecule has 0 bridgehead atoms. The van der Waals surface area contributed by atoms with Crippen molar-refractivity contribution in [2.75, 3.05) is 47.5 Å². The maximum Gasteiger partial charge on any atom is 0.225 e. The number of rotatable bonds is 6. The predicted octanol–water partition coefficient (Wildman–Crippen LogP) is 1.09. The fourth-order valence-corrected chi connectivity index (χ4v) is 2.92. The number of morpholine rings is 1. The van der Waals surface area contributed by atoms with Gasteiger partial charge in [0, 0.05) is 53.2 Å². The number of aryl methyl sites for hydroxylation is 1. The lowest BCUT2D eigenvalue weighted by atomic mass is 9.96. The van der Waals surface area contributed by atoms with Crippen LogP contribution in [-0.4, -0.2) is 73.8 Å². The van der Waals surface area contributed by atoms with Gasteiger partial charge >= 0.3 is 0 Å². The number of ether oxygens (including phenoxy) is 2. The molecular formula is C17H27N3O3. The van der Waals surface area contributed by atoms with E-state index in [0.717, 1.165) is 13.1 Å². The van der Waals surface area contributed by atoms with E-state index in [1.54, 1.807) is 26.1 Å². The molecule has 6 heteroatoms. The van der Waals surface area contributed by atoms with E-state index in [-0.39, 0.29) is 5.91 Å². The van der Waals surface area contributed by atoms with Gasteiger partial charge < -0.3 is 14.4 Å². The maximum absolute atomic E-state index is 12.2. The zero-order valence-corrected chi connectivity index (χ0v) is 14.5. The third-order valence-electron chi connectivity index (χ3n) is 4.24. The molecule has 1 fully saturated rings. The zero-order chi connectivity index (χ0) is 16.9. The van der Waals surface area contributed by atoms with Gasteiger partial charge in [-0.3, -0.25) is 14.7 Å². The van der Waals surface area contributed by atoms with Crippen molar-refractivity contribution in [2.45, 2.75) is 25.5 Å². The highest BCUT2D eigenvalue weighted by molar-refractivity contribution is 5.76. The highest BCUT2D eigenvalue weighted by Crippen LogP contribution is 2.25. The van der Waals surface area contributed by atoms with Gasteiger partial charge in [-0.1, -0.05) is 0 Å². The minimum Gasteiger partial charge on any atom is -0.382 e. The number of methoxy groups -OCH3 is 1. The molecule has 2 rings (SSSR count). The highest BCUT2D eigenvalue weighted by atomic mass is 16.5. The number of carbonyl (C=O) groups excluding carboxylic acids is 1. The Balaban J connectivity index is 2.09. The van der Waals surface area contributed by atoms with Crippen LogP contribution in [-0.2, 0) is 20.8 Å². The van der Waals surface area contributed by atoms with Crippen LogP contribution in [0.2, 0.25) is 0 Å². The number of nitrogens with zero attached hydrogens (tertiary/aromatic N) is 3. The lowest BCUT2D eigenvalue weighted by Gasteiger charge is -2.42. The Kier molecular flexibility index (Phi) is 6.10. The number of carbonyl (C=O) groups is 1. The van der Waals surface area contributed by atoms with E-state index in [1.165, 1.54) is 11.1 Å². The van der Waals surface area contributed by atoms with E-state index in [9.17, 15) is 4.79 Å². The van der Waals surface area contributed by atoms with Gasteiger partial charge in [-0.05, 0) is 24.1 Å². The molecule has 6 nitrogen and oxygen atoms in total. The van der Waals surface area contributed by atoms with Gasteiger partial charge in [-0.25, -0.2) is 0 Å². The van der Waals surface area contributed by atoms with Crippen LogP contribution in [0.4, 0.5) is 0 Å². The van der Waals surface area contributed by atoms with Crippen LogP contribution in [0.25, 0.3) is 0 Å². The number of amides is 1. The van der Waals surface area contributed by atoms with Gasteiger partial charge in [0.25, 0.3) is 0 Å². The van der Waals surface area contributed by atoms with E-state index in [4.69, 9.17) is 9.47 Å². The molecule has 0 aromatic carbocycles. The first kappa shape index (κ1) is 17.8. The average Bonchev–Trinajstić information content (AvgIpc) is 2.50. The van der Waals surface area contributed by atoms with Crippen molar-refractivity contribution in [2.24, 2.45) is 0 Å². The second-order valence-electron chi connectivity index (χ2n) is 6.44. The van der Waals surface area contributed by atoms with Crippen LogP contribution in [0.5, 0.6) is 0 Å². The first-order chi connectivity index (χ1) is 11.0. The molecule has 1 amide bonds. The summed E-state index contributed by atoms with van der Waals surface area (Å²) in [5, 5.41) is 0. The average molecular weight is 321 g/mol. The summed E-state index contributed by atoms with van der Waals surface area (Å²) in [6.45, 7) is 5.46. The summed E-state index contributed by atoms with van der Waals surface area (Å²) in [6.07, 6.45) is 4.04. The van der Waals surface area contributed by atoms with Gasteiger partial charge in [0.1, 0.15) is 5.60 Å². The molecule has 0 radical (unpaired) electrons. The van der Waals surface area contributed by atoms with Crippen LogP contribution in [0.1, 0.15) is 17.5 Å². The fourth-order valence-electron chi connectivity index (χ4n) is 2.92. The van der Waals surface area contributed by atoms with Crippen molar-refractivity contribution in [3.8, 4) is 0 Å². The van der Waals surface area contributed by atoms with Crippen LogP contribution in [0.15, 0.2) is 18.5 Å². The molecule has 0 unspecified atom stereocenters. The summed E-state index contributed by atoms with van der Waals surface area (Å²) in [7, 11) is 5.19. The normalized spacial score (nSPS) is 22.1. The van der Waals surface area contributed by atoms with Gasteiger partial charge in [-0.15, -0.1) is 0 Å². The largest absolute Gasteiger partial charge is 0.382 e. The molecule has 1 aromatic heterocycles. The molecule has 0 spiro atoms. The number of aromatic nitrogens is 1. The lowest BCUT2D eigenvalue weighted by molar-refractivity contribution is -0.160. The second kappa shape index (κ2) is 7.86. The third kappa shape index (κ3) is 4.73. The lowest BCUT2D eigenvalue weighted by Crippen LogP contribution is -2.55. The van der Waals surface area contributed by atoms with Crippen molar-refractivity contribution >= 4 is 5.91 Å². The van der Waals surface area contributed by atoms with E-state index >= 15 is 0 Å². The first-order valence-electron chi connectivity index (χ1n) is 7.91. The monoisotopic (exact) mass is 321 g/mol. The fraction of sp³-hybridized carbons (Fsp3) is 0.647. The minimum absolute atomic E-state index is 0.0593. The summed E-state index contributed by atoms with van der Waals surface area (Å²) < 4.78 is 11.4. The van der Waals surface area contributed by atoms with E-state index in [0.29, 0.717) is 26.2 Å². The first-order valence-corrected chi connectivity index (χ1v) is 7.91. The highest BCUT2D eigenvalue weighted by Gasteiger charge is 2.39. The van der Waals surface area contributed by atoms with Crippen molar-refractivity contribution in [3.05, 3.63) is 29.6 Å². The summed E-state index contributed by atoms with van der Waals surface area (Å²) >= 11 is 0. The summed E-state index contributed by atoms with van der Waals surface area (Å²) in [6, 6.07) is 2.05. The van der Waals surface area contributed by atoms with Crippen molar-refractivity contribution < 1.29 is 14.3 Å². The molecule has 2 heterocycles. The Bertz CT molecular complexity index is 532. The molecule has 23 heavy (non-hydrogen) atoms. The molecule has 1 aliphatic rings. The van der Waals surface area contributed by atoms with Gasteiger partial charge in [0.2, 0.25) is 5.91 Å². The van der Waals surface area contributed by atoms with Crippen molar-refractivity contribution in [1.29, 1.82) is 0 Å². The quantitative estimate of drug-likeness (QED) is 0.785. The maximum atomic E-state index is 12.2. The summed E-state index contributed by atoms with van der Waals surface area (Å²) in [5.41, 5.74) is 1.86. The molecule has 1 aromatic rings. The molecule has 1 aliphatic heterocycles. The third-order valence-corrected chi connectivity index (χ3v) is 4.24. The molecule has 0 aliphatic carbocycles. The van der Waals surface area contributed by atoms with Gasteiger partial charge in [-0.2, -0.15) is 0 Å². The topological polar surface area (TPSA) is 54.9 Å². The number of pyridine rings is 1. The van der Waals surface area contributed by atoms with Crippen LogP contribution < -0.4 is 0 Å². The Morgan fingerprint density at radius 3 is 2.96 bits per heavy atom. The zero-order valence-electron chi connectivity index (χ0n) is 14.5. The Morgan fingerprint density at radius 1 is 1.52 bits per heavy atom. The molecule has 0 saturated carbocycles. The molecule has 1 saturated heterocycles. The second-order valence-corrected chi connectivity index (χ2v) is 6.44. The van der Waals surface area contributed by atoms with E-state index < -0.39 is 5.60 Å². The van der Waals surface area contributed by atoms with E-state index in [1.807, 2.05) is 18.5 Å². The van der Waals surface area contributed by atoms with Crippen LogP contribution in [0, 0.1) is 6.92 Å². The van der Waals surface area contributed by atoms with Crippen LogP contribution in [0.3, 0.4) is 0 Å². The Morgan fingerprint density at radius 2 is 2.30 bits per heavy atom. The van der Waals surface area contributed by atoms with Gasteiger partial charge in [0.15, 0.2) is 0 Å². The molecule has 128 valence electrons. The molecular weight excluding hydrogens is 294 g/mol.